The molecule has 0 amide bonds. The van der Waals surface area contributed by atoms with Crippen LogP contribution < -0.4 is 11.2 Å². The zero-order valence-corrected chi connectivity index (χ0v) is 8.63. The van der Waals surface area contributed by atoms with Gasteiger partial charge in [0.25, 0.3) is 5.56 Å². The summed E-state index contributed by atoms with van der Waals surface area (Å²) in [6, 6.07) is 0. The lowest BCUT2D eigenvalue weighted by Gasteiger charge is -1.97. The molecule has 0 aliphatic heterocycles. The van der Waals surface area contributed by atoms with E-state index < -0.39 is 5.69 Å². The molecular weight excluding hydrogens is 196 g/mol. The van der Waals surface area contributed by atoms with E-state index >= 15 is 0 Å². The van der Waals surface area contributed by atoms with Crippen LogP contribution in [0.5, 0.6) is 0 Å². The molecule has 0 aliphatic carbocycles. The van der Waals surface area contributed by atoms with Crippen molar-refractivity contribution in [3.63, 3.8) is 0 Å². The fourth-order valence-electron chi connectivity index (χ4n) is 1.52. The van der Waals surface area contributed by atoms with Crippen molar-refractivity contribution < 1.29 is 0 Å². The number of aromatic nitrogens is 4. The van der Waals surface area contributed by atoms with Gasteiger partial charge < -0.3 is 4.98 Å². The number of nitrogens with one attached hydrogen (secondary N) is 2. The summed E-state index contributed by atoms with van der Waals surface area (Å²) >= 11 is 0. The van der Waals surface area contributed by atoms with Gasteiger partial charge >= 0.3 is 5.69 Å². The second-order valence-electron chi connectivity index (χ2n) is 3.24. The minimum absolute atomic E-state index is 0.316. The molecule has 2 rings (SSSR count). The Kier molecular flexibility index (Phi) is 2.18. The largest absolute Gasteiger partial charge is 0.336 e. The third-order valence-corrected chi connectivity index (χ3v) is 2.33. The van der Waals surface area contributed by atoms with E-state index in [1.807, 2.05) is 6.92 Å². The van der Waals surface area contributed by atoms with E-state index in [1.54, 1.807) is 6.92 Å². The van der Waals surface area contributed by atoms with Crippen molar-refractivity contribution in [3.05, 3.63) is 26.7 Å². The van der Waals surface area contributed by atoms with E-state index in [0.29, 0.717) is 30.0 Å². The first-order valence-electron chi connectivity index (χ1n) is 4.89. The average Bonchev–Trinajstić information content (AvgIpc) is 2.61. The molecule has 6 nitrogen and oxygen atoms in total. The Morgan fingerprint density at radius 3 is 2.60 bits per heavy atom. The molecule has 0 fully saturated rings. The predicted octanol–water partition coefficient (Wildman–Crippen LogP) is -0.00480. The molecule has 0 bridgehead atoms. The van der Waals surface area contributed by atoms with Gasteiger partial charge in [-0.15, -0.1) is 0 Å². The highest BCUT2D eigenvalue weighted by molar-refractivity contribution is 5.68. The van der Waals surface area contributed by atoms with Crippen molar-refractivity contribution in [1.29, 1.82) is 0 Å². The third kappa shape index (κ3) is 1.38. The van der Waals surface area contributed by atoms with Gasteiger partial charge in [-0.05, 0) is 6.92 Å². The van der Waals surface area contributed by atoms with Crippen LogP contribution in [0.3, 0.4) is 0 Å². The van der Waals surface area contributed by atoms with Crippen LogP contribution in [-0.4, -0.2) is 19.5 Å². The molecule has 15 heavy (non-hydrogen) atoms. The fraction of sp³-hybridized carbons (Fsp3) is 0.444. The third-order valence-electron chi connectivity index (χ3n) is 2.33. The van der Waals surface area contributed by atoms with Gasteiger partial charge in [0.15, 0.2) is 5.65 Å². The molecule has 0 radical (unpaired) electrons. The molecule has 0 spiro atoms. The summed E-state index contributed by atoms with van der Waals surface area (Å²) in [4.78, 5) is 32.8. The summed E-state index contributed by atoms with van der Waals surface area (Å²) < 4.78 is 1.14. The number of hydrogen-bond acceptors (Lipinski definition) is 3. The summed E-state index contributed by atoms with van der Waals surface area (Å²) in [5.41, 5.74) is -0.0209. The van der Waals surface area contributed by atoms with E-state index in [1.165, 1.54) is 0 Å². The molecule has 6 heteroatoms. The van der Waals surface area contributed by atoms with Crippen LogP contribution in [0, 0.1) is 0 Å². The van der Waals surface area contributed by atoms with Gasteiger partial charge in [-0.2, -0.15) is 0 Å². The maximum absolute atomic E-state index is 11.8. The number of hydrogen-bond donors (Lipinski definition) is 2. The van der Waals surface area contributed by atoms with E-state index in [4.69, 9.17) is 0 Å². The molecule has 80 valence electrons. The molecular formula is C9H12N4O2. The zero-order chi connectivity index (χ0) is 11.0. The fourth-order valence-corrected chi connectivity index (χ4v) is 1.52. The summed E-state index contributed by atoms with van der Waals surface area (Å²) in [6.45, 7) is 4.03. The summed E-state index contributed by atoms with van der Waals surface area (Å²) in [5.74, 6) is 0.701. The lowest BCUT2D eigenvalue weighted by Crippen LogP contribution is -2.34. The van der Waals surface area contributed by atoms with Crippen molar-refractivity contribution >= 4 is 11.2 Å². The zero-order valence-electron chi connectivity index (χ0n) is 8.63. The van der Waals surface area contributed by atoms with E-state index in [0.717, 1.165) is 4.57 Å². The Labute approximate surface area is 85.0 Å². The second-order valence-corrected chi connectivity index (χ2v) is 3.24. The summed E-state index contributed by atoms with van der Waals surface area (Å²) in [5, 5.41) is 0. The average molecular weight is 208 g/mol. The molecule has 2 N–H and O–H groups in total. The second kappa shape index (κ2) is 3.38. The number of aromatic amines is 2. The molecule has 2 aromatic heterocycles. The van der Waals surface area contributed by atoms with Crippen LogP contribution in [0.4, 0.5) is 0 Å². The smallest absolute Gasteiger partial charge is 0.330 e. The normalized spacial score (nSPS) is 11.1. The number of aryl methyl sites for hydroxylation is 1. The number of rotatable bonds is 2. The van der Waals surface area contributed by atoms with Crippen molar-refractivity contribution in [2.75, 3.05) is 0 Å². The first-order valence-corrected chi connectivity index (χ1v) is 4.89. The molecule has 0 saturated carbocycles. The Morgan fingerprint density at radius 2 is 2.00 bits per heavy atom. The Balaban J connectivity index is 2.89. The van der Waals surface area contributed by atoms with E-state index in [9.17, 15) is 9.59 Å². The number of nitrogens with zero attached hydrogens (tertiary/aromatic N) is 2. The monoisotopic (exact) mass is 208 g/mol. The van der Waals surface area contributed by atoms with E-state index in [2.05, 4.69) is 15.0 Å². The molecule has 2 heterocycles. The Hall–Kier alpha value is -1.85. The van der Waals surface area contributed by atoms with Crippen LogP contribution in [-0.2, 0) is 13.0 Å². The number of H-pyrrole nitrogens is 2. The van der Waals surface area contributed by atoms with Crippen molar-refractivity contribution in [2.24, 2.45) is 0 Å². The lowest BCUT2D eigenvalue weighted by atomic mass is 10.5. The molecule has 2 aromatic rings. The standard InChI is InChI=1S/C9H12N4O2/c1-3-5-10-6-7(11-5)12-9(15)13(4-2)8(6)14/h3-4H2,1-2H3,(H,10,11)(H,12,15). The number of imidazole rings is 1. The maximum atomic E-state index is 11.8. The van der Waals surface area contributed by atoms with Gasteiger partial charge in [-0.1, -0.05) is 6.92 Å². The van der Waals surface area contributed by atoms with Gasteiger partial charge in [0.05, 0.1) is 0 Å². The van der Waals surface area contributed by atoms with Crippen LogP contribution in [0.15, 0.2) is 9.59 Å². The maximum Gasteiger partial charge on any atom is 0.330 e. The topological polar surface area (TPSA) is 83.5 Å². The van der Waals surface area contributed by atoms with Crippen molar-refractivity contribution in [2.45, 2.75) is 26.8 Å². The Morgan fingerprint density at radius 1 is 1.27 bits per heavy atom. The molecule has 0 atom stereocenters. The van der Waals surface area contributed by atoms with Gasteiger partial charge in [-0.3, -0.25) is 14.3 Å². The van der Waals surface area contributed by atoms with E-state index in [-0.39, 0.29) is 5.56 Å². The van der Waals surface area contributed by atoms with Crippen LogP contribution >= 0.6 is 0 Å². The van der Waals surface area contributed by atoms with Gasteiger partial charge in [0, 0.05) is 13.0 Å². The predicted molar refractivity (Wildman–Crippen MR) is 56.0 cm³/mol. The van der Waals surface area contributed by atoms with Gasteiger partial charge in [0.2, 0.25) is 0 Å². The van der Waals surface area contributed by atoms with Crippen molar-refractivity contribution in [3.8, 4) is 0 Å². The molecule has 0 unspecified atom stereocenters. The molecule has 0 aliphatic rings. The summed E-state index contributed by atoms with van der Waals surface area (Å²) in [7, 11) is 0. The highest BCUT2D eigenvalue weighted by atomic mass is 16.2. The van der Waals surface area contributed by atoms with Crippen LogP contribution in [0.1, 0.15) is 19.7 Å². The van der Waals surface area contributed by atoms with Crippen LogP contribution in [0.25, 0.3) is 11.2 Å². The highest BCUT2D eigenvalue weighted by Gasteiger charge is 2.09. The molecule has 0 aromatic carbocycles. The van der Waals surface area contributed by atoms with Crippen molar-refractivity contribution in [1.82, 2.24) is 19.5 Å². The Bertz CT molecular complexity index is 605. The first kappa shape index (κ1) is 9.70. The van der Waals surface area contributed by atoms with Gasteiger partial charge in [0.1, 0.15) is 11.3 Å². The SMILES string of the molecule is CCc1nc2[nH]c(=O)n(CC)c(=O)c2[nH]1. The lowest BCUT2D eigenvalue weighted by molar-refractivity contribution is 0.682. The quantitative estimate of drug-likeness (QED) is 0.728. The minimum atomic E-state index is -0.413. The highest BCUT2D eigenvalue weighted by Crippen LogP contribution is 2.01. The summed E-state index contributed by atoms with van der Waals surface area (Å²) in [6.07, 6.45) is 0.697. The van der Waals surface area contributed by atoms with Gasteiger partial charge in [-0.25, -0.2) is 9.78 Å². The first-order chi connectivity index (χ1) is 7.17. The minimum Gasteiger partial charge on any atom is -0.336 e. The number of fused-ring (bicyclic) bond motifs is 1. The molecule has 0 saturated heterocycles. The van der Waals surface area contributed by atoms with Crippen LogP contribution in [0.2, 0.25) is 0 Å².